The van der Waals surface area contributed by atoms with Gasteiger partial charge in [0, 0.05) is 29.2 Å². The fourth-order valence-corrected chi connectivity index (χ4v) is 3.91. The Morgan fingerprint density at radius 1 is 1.32 bits per heavy atom. The number of nitriles is 1. The summed E-state index contributed by atoms with van der Waals surface area (Å²) in [5.41, 5.74) is 0. The highest BCUT2D eigenvalue weighted by molar-refractivity contribution is 7.89. The van der Waals surface area contributed by atoms with E-state index in [9.17, 15) is 8.42 Å². The van der Waals surface area contributed by atoms with Crippen LogP contribution >= 0.6 is 23.2 Å². The second kappa shape index (κ2) is 5.55. The summed E-state index contributed by atoms with van der Waals surface area (Å²) in [7, 11) is -3.68. The molecule has 1 aromatic carbocycles. The van der Waals surface area contributed by atoms with Crippen LogP contribution in [0.4, 0.5) is 0 Å². The van der Waals surface area contributed by atoms with Crippen LogP contribution in [-0.2, 0) is 10.0 Å². The molecule has 1 heterocycles. The van der Waals surface area contributed by atoms with Crippen LogP contribution in [-0.4, -0.2) is 32.4 Å². The van der Waals surface area contributed by atoms with Gasteiger partial charge in [-0.1, -0.05) is 23.2 Å². The number of hydrogen-bond donors (Lipinski definition) is 1. The van der Waals surface area contributed by atoms with Crippen molar-refractivity contribution in [3.63, 3.8) is 0 Å². The second-order valence-corrected chi connectivity index (χ2v) is 6.84. The molecule has 1 fully saturated rings. The summed E-state index contributed by atoms with van der Waals surface area (Å²) in [5, 5.41) is 9.26. The number of sulfonamides is 1. The predicted octanol–water partition coefficient (Wildman–Crippen LogP) is 1.83. The lowest BCUT2D eigenvalue weighted by atomic mass is 10.3. The highest BCUT2D eigenvalue weighted by Crippen LogP contribution is 2.23. The SMILES string of the molecule is N#CN1CCC(NS(=O)(=O)c2cc(Cl)cc(Cl)c2)C1. The van der Waals surface area contributed by atoms with E-state index >= 15 is 0 Å². The lowest BCUT2D eigenvalue weighted by molar-refractivity contribution is 0.470. The Labute approximate surface area is 121 Å². The maximum atomic E-state index is 12.2. The van der Waals surface area contributed by atoms with Crippen LogP contribution in [0.5, 0.6) is 0 Å². The molecule has 1 atom stereocenters. The Bertz CT molecular complexity index is 607. The third-order valence-electron chi connectivity index (χ3n) is 2.80. The number of hydrogen-bond acceptors (Lipinski definition) is 4. The van der Waals surface area contributed by atoms with Crippen molar-refractivity contribution in [1.29, 1.82) is 5.26 Å². The Kier molecular flexibility index (Phi) is 4.21. The maximum absolute atomic E-state index is 12.2. The summed E-state index contributed by atoms with van der Waals surface area (Å²) in [4.78, 5) is 1.54. The van der Waals surface area contributed by atoms with Crippen molar-refractivity contribution < 1.29 is 8.42 Å². The van der Waals surface area contributed by atoms with E-state index in [2.05, 4.69) is 4.72 Å². The molecule has 1 unspecified atom stereocenters. The number of rotatable bonds is 3. The summed E-state index contributed by atoms with van der Waals surface area (Å²) in [6.45, 7) is 0.935. The molecule has 0 radical (unpaired) electrons. The van der Waals surface area contributed by atoms with Crippen LogP contribution in [0.15, 0.2) is 23.1 Å². The van der Waals surface area contributed by atoms with E-state index in [1.54, 1.807) is 0 Å². The Morgan fingerprint density at radius 3 is 2.47 bits per heavy atom. The quantitative estimate of drug-likeness (QED) is 0.862. The van der Waals surface area contributed by atoms with Gasteiger partial charge < -0.3 is 4.90 Å². The van der Waals surface area contributed by atoms with Crippen molar-refractivity contribution in [3.05, 3.63) is 28.2 Å². The molecule has 2 rings (SSSR count). The molecule has 5 nitrogen and oxygen atoms in total. The van der Waals surface area contributed by atoms with Crippen LogP contribution < -0.4 is 4.72 Å². The van der Waals surface area contributed by atoms with Crippen LogP contribution in [0.1, 0.15) is 6.42 Å². The first-order valence-electron chi connectivity index (χ1n) is 5.54. The van der Waals surface area contributed by atoms with Crippen molar-refractivity contribution in [2.75, 3.05) is 13.1 Å². The number of nitrogens with one attached hydrogen (secondary N) is 1. The van der Waals surface area contributed by atoms with E-state index in [1.165, 1.54) is 23.1 Å². The van der Waals surface area contributed by atoms with Crippen molar-refractivity contribution >= 4 is 33.2 Å². The maximum Gasteiger partial charge on any atom is 0.240 e. The van der Waals surface area contributed by atoms with Crippen LogP contribution in [0.25, 0.3) is 0 Å². The largest absolute Gasteiger partial charge is 0.309 e. The number of benzene rings is 1. The minimum absolute atomic E-state index is 0.0282. The molecule has 0 amide bonds. The van der Waals surface area contributed by atoms with Gasteiger partial charge in [0.1, 0.15) is 0 Å². The summed E-state index contributed by atoms with van der Waals surface area (Å²) in [6, 6.07) is 3.87. The molecule has 1 aliphatic rings. The van der Waals surface area contributed by atoms with Gasteiger partial charge >= 0.3 is 0 Å². The van der Waals surface area contributed by atoms with E-state index in [-0.39, 0.29) is 21.0 Å². The molecule has 1 aliphatic heterocycles. The highest BCUT2D eigenvalue weighted by Gasteiger charge is 2.27. The average Bonchev–Trinajstić information content (AvgIpc) is 2.74. The third kappa shape index (κ3) is 3.51. The summed E-state index contributed by atoms with van der Waals surface area (Å²) in [6.07, 6.45) is 2.59. The van der Waals surface area contributed by atoms with Gasteiger partial charge in [0.2, 0.25) is 10.0 Å². The first-order chi connectivity index (χ1) is 8.90. The molecule has 0 aromatic heterocycles. The average molecular weight is 320 g/mol. The van der Waals surface area contributed by atoms with Crippen LogP contribution in [0.3, 0.4) is 0 Å². The standard InChI is InChI=1S/C11H11Cl2N3O2S/c12-8-3-9(13)5-11(4-8)19(17,18)15-10-1-2-16(6-10)7-14/h3-5,10,15H,1-2,6H2. The Morgan fingerprint density at radius 2 is 1.95 bits per heavy atom. The lowest BCUT2D eigenvalue weighted by Gasteiger charge is -2.13. The molecule has 0 saturated carbocycles. The third-order valence-corrected chi connectivity index (χ3v) is 4.73. The van der Waals surface area contributed by atoms with E-state index in [0.29, 0.717) is 19.5 Å². The minimum Gasteiger partial charge on any atom is -0.309 e. The molecule has 102 valence electrons. The van der Waals surface area contributed by atoms with Gasteiger partial charge in [0.15, 0.2) is 6.19 Å². The zero-order valence-electron chi connectivity index (χ0n) is 9.81. The Hall–Kier alpha value is -1.000. The fourth-order valence-electron chi connectivity index (χ4n) is 1.92. The molecular weight excluding hydrogens is 309 g/mol. The zero-order valence-corrected chi connectivity index (χ0v) is 12.1. The van der Waals surface area contributed by atoms with Crippen LogP contribution in [0, 0.1) is 11.5 Å². The zero-order chi connectivity index (χ0) is 14.0. The van der Waals surface area contributed by atoms with Crippen molar-refractivity contribution in [1.82, 2.24) is 9.62 Å². The molecular formula is C11H11Cl2N3O2S. The number of halogens is 2. The molecule has 1 aromatic rings. The topological polar surface area (TPSA) is 73.2 Å². The van der Waals surface area contributed by atoms with E-state index in [1.807, 2.05) is 6.19 Å². The van der Waals surface area contributed by atoms with Gasteiger partial charge in [-0.25, -0.2) is 13.1 Å². The fraction of sp³-hybridized carbons (Fsp3) is 0.364. The smallest absolute Gasteiger partial charge is 0.240 e. The van der Waals surface area contributed by atoms with Gasteiger partial charge in [-0.2, -0.15) is 5.26 Å². The lowest BCUT2D eigenvalue weighted by Crippen LogP contribution is -2.36. The molecule has 0 aliphatic carbocycles. The molecule has 1 N–H and O–H groups in total. The minimum atomic E-state index is -3.68. The van der Waals surface area contributed by atoms with Crippen LogP contribution in [0.2, 0.25) is 10.0 Å². The number of likely N-dealkylation sites (tertiary alicyclic amines) is 1. The predicted molar refractivity (Wildman–Crippen MR) is 72.4 cm³/mol. The van der Waals surface area contributed by atoms with Gasteiger partial charge in [0.25, 0.3) is 0 Å². The second-order valence-electron chi connectivity index (χ2n) is 4.26. The van der Waals surface area contributed by atoms with E-state index in [0.717, 1.165) is 0 Å². The summed E-state index contributed by atoms with van der Waals surface area (Å²) < 4.78 is 26.9. The summed E-state index contributed by atoms with van der Waals surface area (Å²) >= 11 is 11.6. The molecule has 8 heteroatoms. The van der Waals surface area contributed by atoms with Gasteiger partial charge in [0.05, 0.1) is 4.90 Å². The Balaban J connectivity index is 2.17. The molecule has 0 bridgehead atoms. The van der Waals surface area contributed by atoms with Crippen molar-refractivity contribution in [2.45, 2.75) is 17.4 Å². The van der Waals surface area contributed by atoms with Crippen molar-refractivity contribution in [2.24, 2.45) is 0 Å². The first kappa shape index (κ1) is 14.4. The van der Waals surface area contributed by atoms with Crippen molar-refractivity contribution in [3.8, 4) is 6.19 Å². The molecule has 0 spiro atoms. The summed E-state index contributed by atoms with van der Waals surface area (Å²) in [5.74, 6) is 0. The van der Waals surface area contributed by atoms with Gasteiger partial charge in [-0.05, 0) is 24.6 Å². The van der Waals surface area contributed by atoms with E-state index in [4.69, 9.17) is 28.5 Å². The van der Waals surface area contributed by atoms with Gasteiger partial charge in [-0.15, -0.1) is 0 Å². The molecule has 19 heavy (non-hydrogen) atoms. The first-order valence-corrected chi connectivity index (χ1v) is 7.78. The highest BCUT2D eigenvalue weighted by atomic mass is 35.5. The monoisotopic (exact) mass is 319 g/mol. The molecule has 1 saturated heterocycles. The number of nitrogens with zero attached hydrogens (tertiary/aromatic N) is 2. The van der Waals surface area contributed by atoms with E-state index < -0.39 is 10.0 Å². The normalized spacial score (nSPS) is 19.4. The van der Waals surface area contributed by atoms with Gasteiger partial charge in [-0.3, -0.25) is 0 Å².